The van der Waals surface area contributed by atoms with E-state index < -0.39 is 0 Å². The zero-order valence-corrected chi connectivity index (χ0v) is 13.4. The van der Waals surface area contributed by atoms with Crippen LogP contribution in [0.25, 0.3) is 0 Å². The first-order valence-electron chi connectivity index (χ1n) is 7.71. The Balaban J connectivity index is 1.97. The van der Waals surface area contributed by atoms with Crippen molar-refractivity contribution in [3.8, 4) is 0 Å². The van der Waals surface area contributed by atoms with Crippen LogP contribution in [0.5, 0.6) is 0 Å². The molecule has 118 valence electrons. The summed E-state index contributed by atoms with van der Waals surface area (Å²) in [6.45, 7) is 3.67. The minimum Gasteiger partial charge on any atom is -0.461 e. The Morgan fingerprint density at radius 3 is 2.90 bits per heavy atom. The van der Waals surface area contributed by atoms with Crippen LogP contribution in [0.2, 0.25) is 0 Å². The molecule has 1 aliphatic rings. The zero-order valence-electron chi connectivity index (χ0n) is 12.6. The number of nitrogens with zero attached hydrogens (tertiary/aromatic N) is 2. The van der Waals surface area contributed by atoms with Crippen LogP contribution in [-0.4, -0.2) is 46.8 Å². The Morgan fingerprint density at radius 1 is 1.48 bits per heavy atom. The van der Waals surface area contributed by atoms with Crippen molar-refractivity contribution in [2.24, 2.45) is 0 Å². The highest BCUT2D eigenvalue weighted by molar-refractivity contribution is 7.11. The molecule has 1 aromatic heterocycles. The number of hydrogen-bond acceptors (Lipinski definition) is 6. The summed E-state index contributed by atoms with van der Waals surface area (Å²) in [6, 6.07) is 0.527. The summed E-state index contributed by atoms with van der Waals surface area (Å²) >= 11 is 1.33. The van der Waals surface area contributed by atoms with Crippen molar-refractivity contribution >= 4 is 17.3 Å². The fourth-order valence-electron chi connectivity index (χ4n) is 2.84. The number of ether oxygens (including phenoxy) is 1. The lowest BCUT2D eigenvalue weighted by atomic mass is 9.94. The minimum absolute atomic E-state index is 0.158. The summed E-state index contributed by atoms with van der Waals surface area (Å²) in [5, 5.41) is 11.6. The summed E-state index contributed by atoms with van der Waals surface area (Å²) in [5.41, 5.74) is 0.891. The van der Waals surface area contributed by atoms with E-state index in [1.165, 1.54) is 43.4 Å². The van der Waals surface area contributed by atoms with Crippen LogP contribution in [0.15, 0.2) is 5.38 Å². The van der Waals surface area contributed by atoms with Gasteiger partial charge in [-0.25, -0.2) is 9.78 Å². The maximum Gasteiger partial charge on any atom is 0.367 e. The number of rotatable bonds is 7. The van der Waals surface area contributed by atoms with Gasteiger partial charge in [0.05, 0.1) is 18.9 Å². The van der Waals surface area contributed by atoms with Crippen LogP contribution in [0.4, 0.5) is 0 Å². The van der Waals surface area contributed by atoms with Crippen molar-refractivity contribution in [1.29, 1.82) is 0 Å². The molecule has 0 atom stereocenters. The van der Waals surface area contributed by atoms with E-state index in [2.05, 4.69) is 9.88 Å². The second kappa shape index (κ2) is 8.46. The second-order valence-electron chi connectivity index (χ2n) is 5.35. The highest BCUT2D eigenvalue weighted by atomic mass is 32.1. The van der Waals surface area contributed by atoms with Crippen LogP contribution in [0, 0.1) is 0 Å². The zero-order chi connectivity index (χ0) is 15.1. The first-order valence-corrected chi connectivity index (χ1v) is 8.59. The van der Waals surface area contributed by atoms with E-state index in [-0.39, 0.29) is 12.6 Å². The van der Waals surface area contributed by atoms with Gasteiger partial charge in [0.1, 0.15) is 0 Å². The normalized spacial score (nSPS) is 16.3. The molecule has 1 aliphatic carbocycles. The number of esters is 1. The van der Waals surface area contributed by atoms with E-state index in [1.807, 2.05) is 5.38 Å². The van der Waals surface area contributed by atoms with Gasteiger partial charge in [0.15, 0.2) is 0 Å². The fraction of sp³-hybridized carbons (Fsp3) is 0.733. The summed E-state index contributed by atoms with van der Waals surface area (Å²) in [5.74, 6) is -0.347. The molecule has 0 radical (unpaired) electrons. The van der Waals surface area contributed by atoms with E-state index in [0.717, 1.165) is 5.69 Å². The van der Waals surface area contributed by atoms with Gasteiger partial charge >= 0.3 is 5.97 Å². The van der Waals surface area contributed by atoms with Gasteiger partial charge < -0.3 is 9.84 Å². The third-order valence-corrected chi connectivity index (χ3v) is 4.72. The van der Waals surface area contributed by atoms with Gasteiger partial charge in [0.2, 0.25) is 5.01 Å². The first-order chi connectivity index (χ1) is 10.2. The predicted octanol–water partition coefficient (Wildman–Crippen LogP) is 2.45. The minimum atomic E-state index is -0.347. The van der Waals surface area contributed by atoms with Crippen molar-refractivity contribution < 1.29 is 14.6 Å². The second-order valence-corrected chi connectivity index (χ2v) is 6.21. The molecule has 0 spiro atoms. The molecule has 1 aromatic rings. The largest absolute Gasteiger partial charge is 0.461 e. The van der Waals surface area contributed by atoms with Crippen LogP contribution < -0.4 is 0 Å². The summed E-state index contributed by atoms with van der Waals surface area (Å²) in [4.78, 5) is 18.3. The van der Waals surface area contributed by atoms with Gasteiger partial charge in [-0.05, 0) is 19.8 Å². The Hall–Kier alpha value is -0.980. The molecule has 2 rings (SSSR count). The Labute approximate surface area is 129 Å². The molecule has 0 aliphatic heterocycles. The number of hydrogen-bond donors (Lipinski definition) is 1. The standard InChI is InChI=1S/C15H24N2O3S/c1-2-20-15(19)14-16-12(11-21-14)10-17(8-9-18)13-6-4-3-5-7-13/h11,13,18H,2-10H2,1H3. The monoisotopic (exact) mass is 312 g/mol. The predicted molar refractivity (Wildman–Crippen MR) is 82.4 cm³/mol. The Kier molecular flexibility index (Phi) is 6.60. The number of thiazole rings is 1. The SMILES string of the molecule is CCOC(=O)c1nc(CN(CCO)C2CCCCC2)cs1. The molecule has 21 heavy (non-hydrogen) atoms. The molecule has 1 fully saturated rings. The van der Waals surface area contributed by atoms with E-state index >= 15 is 0 Å². The third-order valence-electron chi connectivity index (χ3n) is 3.85. The lowest BCUT2D eigenvalue weighted by molar-refractivity contribution is 0.0525. The summed E-state index contributed by atoms with van der Waals surface area (Å²) in [7, 11) is 0. The van der Waals surface area contributed by atoms with Gasteiger partial charge in [0.25, 0.3) is 0 Å². The lowest BCUT2D eigenvalue weighted by Crippen LogP contribution is -2.38. The smallest absolute Gasteiger partial charge is 0.367 e. The maximum atomic E-state index is 11.6. The van der Waals surface area contributed by atoms with Crippen LogP contribution in [0.3, 0.4) is 0 Å². The number of carbonyl (C=O) groups is 1. The molecule has 0 saturated heterocycles. The van der Waals surface area contributed by atoms with Crippen LogP contribution in [-0.2, 0) is 11.3 Å². The van der Waals surface area contributed by atoms with Crippen molar-refractivity contribution in [2.45, 2.75) is 51.6 Å². The molecule has 6 heteroatoms. The molecule has 1 heterocycles. The number of carbonyl (C=O) groups excluding carboxylic acids is 1. The lowest BCUT2D eigenvalue weighted by Gasteiger charge is -2.33. The average molecular weight is 312 g/mol. The maximum absolute atomic E-state index is 11.6. The summed E-state index contributed by atoms with van der Waals surface area (Å²) < 4.78 is 4.97. The molecule has 0 aromatic carbocycles. The molecule has 5 nitrogen and oxygen atoms in total. The van der Waals surface area contributed by atoms with Crippen molar-refractivity contribution in [1.82, 2.24) is 9.88 Å². The Bertz CT molecular complexity index is 444. The average Bonchev–Trinajstić information content (AvgIpc) is 2.97. The molecule has 1 saturated carbocycles. The first kappa shape index (κ1) is 16.4. The van der Waals surface area contributed by atoms with E-state index in [1.54, 1.807) is 6.92 Å². The van der Waals surface area contributed by atoms with Crippen molar-refractivity contribution in [3.05, 3.63) is 16.1 Å². The Morgan fingerprint density at radius 2 is 2.24 bits per heavy atom. The van der Waals surface area contributed by atoms with E-state index in [0.29, 0.717) is 30.7 Å². The number of aromatic nitrogens is 1. The van der Waals surface area contributed by atoms with Crippen molar-refractivity contribution in [2.75, 3.05) is 19.8 Å². The van der Waals surface area contributed by atoms with E-state index in [9.17, 15) is 9.90 Å². The fourth-order valence-corrected chi connectivity index (χ4v) is 3.54. The summed E-state index contributed by atoms with van der Waals surface area (Å²) in [6.07, 6.45) is 6.21. The molecule has 1 N–H and O–H groups in total. The number of aliphatic hydroxyl groups is 1. The van der Waals surface area contributed by atoms with Crippen LogP contribution >= 0.6 is 11.3 Å². The van der Waals surface area contributed by atoms with Crippen molar-refractivity contribution in [3.63, 3.8) is 0 Å². The topological polar surface area (TPSA) is 62.7 Å². The molecular formula is C15H24N2O3S. The van der Waals surface area contributed by atoms with Gasteiger partial charge in [-0.1, -0.05) is 19.3 Å². The highest BCUT2D eigenvalue weighted by Crippen LogP contribution is 2.24. The van der Waals surface area contributed by atoms with Gasteiger partial charge in [-0.3, -0.25) is 4.90 Å². The molecular weight excluding hydrogens is 288 g/mol. The van der Waals surface area contributed by atoms with E-state index in [4.69, 9.17) is 4.74 Å². The quantitative estimate of drug-likeness (QED) is 0.784. The molecule has 0 bridgehead atoms. The van der Waals surface area contributed by atoms with Crippen LogP contribution in [0.1, 0.15) is 54.5 Å². The highest BCUT2D eigenvalue weighted by Gasteiger charge is 2.22. The third kappa shape index (κ3) is 4.76. The van der Waals surface area contributed by atoms with Gasteiger partial charge in [-0.15, -0.1) is 11.3 Å². The molecule has 0 amide bonds. The number of aliphatic hydroxyl groups excluding tert-OH is 1. The molecule has 0 unspecified atom stereocenters. The van der Waals surface area contributed by atoms with Gasteiger partial charge in [-0.2, -0.15) is 0 Å². The van der Waals surface area contributed by atoms with Gasteiger partial charge in [0, 0.05) is 24.5 Å².